The molecule has 0 aliphatic rings. The molecule has 0 bridgehead atoms. The molecule has 0 amide bonds. The second-order valence-corrected chi connectivity index (χ2v) is 13.7. The molecule has 4 heterocycles. The van der Waals surface area contributed by atoms with E-state index in [1.165, 1.54) is 5.39 Å². The van der Waals surface area contributed by atoms with Gasteiger partial charge in [0.05, 0.1) is 16.7 Å². The Bertz CT molecular complexity index is 2870. The molecule has 0 saturated carbocycles. The number of aromatic nitrogens is 4. The first-order valence-electron chi connectivity index (χ1n) is 18.4. The molecule has 260 valence electrons. The molecule has 0 fully saturated rings. The lowest BCUT2D eigenvalue weighted by Crippen LogP contribution is -1.95. The molecule has 0 atom stereocenters. The van der Waals surface area contributed by atoms with Crippen molar-refractivity contribution in [1.82, 2.24) is 19.9 Å². The number of pyridine rings is 4. The van der Waals surface area contributed by atoms with Gasteiger partial charge in [-0.25, -0.2) is 4.98 Å². The van der Waals surface area contributed by atoms with E-state index in [1.807, 2.05) is 61.3 Å². The van der Waals surface area contributed by atoms with Crippen LogP contribution in [0.25, 0.3) is 93.8 Å². The zero-order valence-corrected chi connectivity index (χ0v) is 30.4. The third-order valence-electron chi connectivity index (χ3n) is 10.2. The summed E-state index contributed by atoms with van der Waals surface area (Å²) in [5.41, 5.74) is 14.9. The van der Waals surface area contributed by atoms with Crippen LogP contribution in [0.3, 0.4) is 0 Å². The molecule has 0 aliphatic heterocycles. The number of nitrogens with zero attached hydrogens (tertiary/aromatic N) is 4. The lowest BCUT2D eigenvalue weighted by Gasteiger charge is -2.15. The Balaban J connectivity index is 1.18. The zero-order valence-electron chi connectivity index (χ0n) is 30.4. The van der Waals surface area contributed by atoms with Crippen LogP contribution in [0.2, 0.25) is 0 Å². The third-order valence-corrected chi connectivity index (χ3v) is 10.2. The maximum Gasteiger partial charge on any atom is 0.0978 e. The highest BCUT2D eigenvalue weighted by atomic mass is 14.8. The highest BCUT2D eigenvalue weighted by molar-refractivity contribution is 6.12. The number of hydrogen-bond acceptors (Lipinski definition) is 4. The molecule has 4 aromatic heterocycles. The van der Waals surface area contributed by atoms with Gasteiger partial charge in [0, 0.05) is 52.9 Å². The summed E-state index contributed by atoms with van der Waals surface area (Å²) in [5.74, 6) is 0. The van der Waals surface area contributed by atoms with Crippen molar-refractivity contribution in [2.45, 2.75) is 6.92 Å². The number of rotatable bonds is 8. The first kappa shape index (κ1) is 33.5. The van der Waals surface area contributed by atoms with Gasteiger partial charge in [0.15, 0.2) is 0 Å². The maximum atomic E-state index is 5.27. The summed E-state index contributed by atoms with van der Waals surface area (Å²) >= 11 is 0. The minimum atomic E-state index is 0.886. The quantitative estimate of drug-likeness (QED) is 0.117. The van der Waals surface area contributed by atoms with Crippen LogP contribution in [0, 0.1) is 0 Å². The van der Waals surface area contributed by atoms with Gasteiger partial charge in [-0.2, -0.15) is 0 Å². The van der Waals surface area contributed by atoms with Crippen LogP contribution in [-0.4, -0.2) is 19.9 Å². The van der Waals surface area contributed by atoms with Crippen molar-refractivity contribution in [2.75, 3.05) is 0 Å². The Morgan fingerprint density at radius 3 is 1.76 bits per heavy atom. The first-order chi connectivity index (χ1) is 27.1. The van der Waals surface area contributed by atoms with Gasteiger partial charge in [0.25, 0.3) is 0 Å². The van der Waals surface area contributed by atoms with Crippen molar-refractivity contribution in [3.63, 3.8) is 0 Å². The molecule has 55 heavy (non-hydrogen) atoms. The van der Waals surface area contributed by atoms with Crippen LogP contribution in [0.5, 0.6) is 0 Å². The summed E-state index contributed by atoms with van der Waals surface area (Å²) in [6, 6.07) is 47.5. The van der Waals surface area contributed by atoms with Gasteiger partial charge in [0.1, 0.15) is 0 Å². The fourth-order valence-corrected chi connectivity index (χ4v) is 7.36. The summed E-state index contributed by atoms with van der Waals surface area (Å²) in [6.07, 6.45) is 17.1. The highest BCUT2D eigenvalue weighted by Crippen LogP contribution is 2.39. The average Bonchev–Trinajstić information content (AvgIpc) is 3.26. The number of allylic oxidation sites excluding steroid dienone is 5. The Hall–Kier alpha value is -7.30. The third kappa shape index (κ3) is 6.62. The lowest BCUT2D eigenvalue weighted by atomic mass is 9.92. The molecule has 0 radical (unpaired) electrons. The predicted octanol–water partition coefficient (Wildman–Crippen LogP) is 13.2. The smallest absolute Gasteiger partial charge is 0.0978 e. The van der Waals surface area contributed by atoms with Crippen molar-refractivity contribution in [3.05, 3.63) is 201 Å². The zero-order chi connectivity index (χ0) is 37.1. The normalized spacial score (nSPS) is 11.8. The van der Waals surface area contributed by atoms with Gasteiger partial charge in [-0.1, -0.05) is 110 Å². The topological polar surface area (TPSA) is 51.6 Å². The minimum absolute atomic E-state index is 0.886. The van der Waals surface area contributed by atoms with E-state index in [2.05, 4.69) is 145 Å². The van der Waals surface area contributed by atoms with Crippen LogP contribution in [0.15, 0.2) is 195 Å². The molecule has 0 saturated heterocycles. The van der Waals surface area contributed by atoms with E-state index in [0.717, 1.165) is 94.1 Å². The van der Waals surface area contributed by atoms with E-state index in [9.17, 15) is 0 Å². The van der Waals surface area contributed by atoms with Crippen molar-refractivity contribution < 1.29 is 0 Å². The monoisotopic (exact) mass is 704 g/mol. The van der Waals surface area contributed by atoms with Gasteiger partial charge in [-0.15, -0.1) is 0 Å². The number of hydrogen-bond donors (Lipinski definition) is 0. The summed E-state index contributed by atoms with van der Waals surface area (Å²) in [5, 5.41) is 4.47. The number of benzene rings is 5. The minimum Gasteiger partial charge on any atom is -0.264 e. The summed E-state index contributed by atoms with van der Waals surface area (Å²) in [7, 11) is 0. The maximum absolute atomic E-state index is 5.27. The van der Waals surface area contributed by atoms with Crippen molar-refractivity contribution in [1.29, 1.82) is 0 Å². The van der Waals surface area contributed by atoms with E-state index in [4.69, 9.17) is 9.97 Å². The summed E-state index contributed by atoms with van der Waals surface area (Å²) < 4.78 is 0. The SMILES string of the molecule is C=C/C=C\C=C(/C)c1cc(-c2ccc3cc(-c4cc(-c5cccnc5)cc(-c5cccnc5)c4)ccc3c2)c2ccc3c(-c4ccccc4)ccnc3c2n1. The molecule has 0 N–H and O–H groups in total. The van der Waals surface area contributed by atoms with Crippen molar-refractivity contribution in [2.24, 2.45) is 0 Å². The molecule has 4 nitrogen and oxygen atoms in total. The molecule has 0 aliphatic carbocycles. The fraction of sp³-hybridized carbons (Fsp3) is 0.0196. The molecule has 4 heteroatoms. The van der Waals surface area contributed by atoms with Gasteiger partial charge in [0.2, 0.25) is 0 Å². The first-order valence-corrected chi connectivity index (χ1v) is 18.4. The summed E-state index contributed by atoms with van der Waals surface area (Å²) in [6.45, 7) is 5.93. The molecule has 9 rings (SSSR count). The Morgan fingerprint density at radius 1 is 0.491 bits per heavy atom. The second-order valence-electron chi connectivity index (χ2n) is 13.7. The standard InChI is InChI=1S/C51H36N4/c1-3-4-6-11-34(2)49-31-48(47-21-20-46-45(35-12-7-5-8-13-35)22-25-54-50(46)51(47)55-49)39-19-18-36-26-38(17-16-37(36)27-39)42-28-43(40-14-9-23-52-32-40)30-44(29-42)41-15-10-24-53-33-41/h3-33H,1H2,2H3/b6-4-,34-11+. The van der Waals surface area contributed by atoms with E-state index in [1.54, 1.807) is 6.08 Å². The molecule has 0 spiro atoms. The van der Waals surface area contributed by atoms with Gasteiger partial charge < -0.3 is 0 Å². The van der Waals surface area contributed by atoms with E-state index in [0.29, 0.717) is 0 Å². The van der Waals surface area contributed by atoms with Crippen LogP contribution < -0.4 is 0 Å². The van der Waals surface area contributed by atoms with Crippen LogP contribution in [-0.2, 0) is 0 Å². The average molecular weight is 705 g/mol. The van der Waals surface area contributed by atoms with Crippen LogP contribution >= 0.6 is 0 Å². The van der Waals surface area contributed by atoms with Gasteiger partial charge in [-0.3, -0.25) is 15.0 Å². The molecular weight excluding hydrogens is 669 g/mol. The molecule has 0 unspecified atom stereocenters. The van der Waals surface area contributed by atoms with Crippen LogP contribution in [0.4, 0.5) is 0 Å². The predicted molar refractivity (Wildman–Crippen MR) is 230 cm³/mol. The van der Waals surface area contributed by atoms with E-state index >= 15 is 0 Å². The summed E-state index contributed by atoms with van der Waals surface area (Å²) in [4.78, 5) is 19.0. The Labute approximate surface area is 320 Å². The van der Waals surface area contributed by atoms with Crippen molar-refractivity contribution in [3.8, 4) is 55.6 Å². The largest absolute Gasteiger partial charge is 0.264 e. The van der Waals surface area contributed by atoms with Crippen LogP contribution in [0.1, 0.15) is 12.6 Å². The fourth-order valence-electron chi connectivity index (χ4n) is 7.36. The van der Waals surface area contributed by atoms with E-state index in [-0.39, 0.29) is 0 Å². The van der Waals surface area contributed by atoms with Gasteiger partial charge in [-0.05, 0) is 122 Å². The number of fused-ring (bicyclic) bond motifs is 4. The Kier molecular flexibility index (Phi) is 8.91. The second kappa shape index (κ2) is 14.6. The Morgan fingerprint density at radius 2 is 1.11 bits per heavy atom. The molecular formula is C51H36N4. The lowest BCUT2D eigenvalue weighted by molar-refractivity contribution is 1.32. The molecule has 5 aromatic carbocycles. The molecule has 9 aromatic rings. The van der Waals surface area contributed by atoms with Crippen molar-refractivity contribution >= 4 is 38.2 Å². The highest BCUT2D eigenvalue weighted by Gasteiger charge is 2.16. The van der Waals surface area contributed by atoms with E-state index < -0.39 is 0 Å². The van der Waals surface area contributed by atoms with Gasteiger partial charge >= 0.3 is 0 Å².